The van der Waals surface area contributed by atoms with Gasteiger partial charge in [0.1, 0.15) is 11.4 Å². The molecular formula is C15H17Cl2N5V. The summed E-state index contributed by atoms with van der Waals surface area (Å²) < 4.78 is 4.07. The predicted octanol–water partition coefficient (Wildman–Crippen LogP) is -3.50. The average Bonchev–Trinajstić information content (AvgIpc) is 2.95. The fraction of sp³-hybridized carbons (Fsp3) is 0.267. The molecule has 0 bridgehead atoms. The number of aryl methyl sites for hydroxylation is 2. The van der Waals surface area contributed by atoms with Crippen molar-refractivity contribution in [3.05, 3.63) is 42.0 Å². The van der Waals surface area contributed by atoms with Gasteiger partial charge in [0.25, 0.3) is 0 Å². The Morgan fingerprint density at radius 3 is 1.48 bits per heavy atom. The minimum atomic E-state index is 0. The number of imidazole rings is 2. The van der Waals surface area contributed by atoms with Crippen LogP contribution in [0.4, 0.5) is 0 Å². The van der Waals surface area contributed by atoms with Gasteiger partial charge in [0.15, 0.2) is 11.6 Å². The largest absolute Gasteiger partial charge is 2.00 e. The van der Waals surface area contributed by atoms with Gasteiger partial charge in [0, 0.05) is 37.9 Å². The number of pyridine rings is 1. The molecule has 3 aromatic rings. The smallest absolute Gasteiger partial charge is 1.00 e. The number of nitrogens with zero attached hydrogens (tertiary/aromatic N) is 5. The monoisotopic (exact) mass is 388 g/mol. The van der Waals surface area contributed by atoms with Crippen LogP contribution in [0.25, 0.3) is 23.0 Å². The van der Waals surface area contributed by atoms with Crippen molar-refractivity contribution in [1.82, 2.24) is 24.1 Å². The maximum Gasteiger partial charge on any atom is 2.00 e. The Morgan fingerprint density at radius 1 is 0.783 bits per heavy atom. The molecule has 0 amide bonds. The first-order valence-electron chi connectivity index (χ1n) is 6.52. The third kappa shape index (κ3) is 3.98. The van der Waals surface area contributed by atoms with Crippen LogP contribution in [0.2, 0.25) is 0 Å². The molecule has 0 aliphatic carbocycles. The average molecular weight is 389 g/mol. The number of aromatic nitrogens is 5. The number of hydrogen-bond donors (Lipinski definition) is 0. The Balaban J connectivity index is 0.00000161. The van der Waals surface area contributed by atoms with E-state index < -0.39 is 0 Å². The van der Waals surface area contributed by atoms with E-state index in [1.807, 2.05) is 67.7 Å². The van der Waals surface area contributed by atoms with Gasteiger partial charge in [-0.25, -0.2) is 15.0 Å². The summed E-state index contributed by atoms with van der Waals surface area (Å²) in [4.78, 5) is 13.5. The molecule has 0 spiro atoms. The zero-order valence-corrected chi connectivity index (χ0v) is 16.2. The summed E-state index contributed by atoms with van der Waals surface area (Å²) in [5.41, 5.74) is 3.94. The molecule has 3 rings (SSSR count). The molecule has 0 saturated carbocycles. The van der Waals surface area contributed by atoms with Crippen molar-refractivity contribution in [1.29, 1.82) is 0 Å². The Bertz CT molecular complexity index is 721. The van der Waals surface area contributed by atoms with Crippen LogP contribution >= 0.6 is 0 Å². The molecule has 8 heteroatoms. The van der Waals surface area contributed by atoms with Crippen molar-refractivity contribution >= 4 is 0 Å². The van der Waals surface area contributed by atoms with Crippen LogP contribution in [-0.2, 0) is 32.7 Å². The van der Waals surface area contributed by atoms with Gasteiger partial charge in [-0.1, -0.05) is 6.07 Å². The van der Waals surface area contributed by atoms with Crippen molar-refractivity contribution < 1.29 is 43.4 Å². The Labute approximate surface area is 160 Å². The topological polar surface area (TPSA) is 48.5 Å². The van der Waals surface area contributed by atoms with Gasteiger partial charge in [0.05, 0.1) is 0 Å². The number of halogens is 2. The van der Waals surface area contributed by atoms with Crippen LogP contribution in [-0.4, -0.2) is 24.1 Å². The van der Waals surface area contributed by atoms with E-state index in [9.17, 15) is 0 Å². The number of hydrogen-bond acceptors (Lipinski definition) is 3. The molecule has 0 fully saturated rings. The Morgan fingerprint density at radius 2 is 1.17 bits per heavy atom. The van der Waals surface area contributed by atoms with Crippen LogP contribution in [0.15, 0.2) is 30.6 Å². The molecule has 0 N–H and O–H groups in total. The maximum absolute atomic E-state index is 4.69. The molecule has 0 aliphatic heterocycles. The summed E-state index contributed by atoms with van der Waals surface area (Å²) in [5, 5.41) is 0. The summed E-state index contributed by atoms with van der Waals surface area (Å²) in [5.74, 6) is 1.74. The van der Waals surface area contributed by atoms with Crippen molar-refractivity contribution in [3.8, 4) is 23.0 Å². The first kappa shape index (κ1) is 21.7. The van der Waals surface area contributed by atoms with Crippen molar-refractivity contribution in [2.45, 2.75) is 13.8 Å². The molecule has 0 saturated heterocycles. The molecule has 5 nitrogen and oxygen atoms in total. The van der Waals surface area contributed by atoms with E-state index in [0.717, 1.165) is 34.4 Å². The van der Waals surface area contributed by atoms with Gasteiger partial charge in [-0.2, -0.15) is 0 Å². The summed E-state index contributed by atoms with van der Waals surface area (Å²) in [6, 6.07) is 5.94. The van der Waals surface area contributed by atoms with Crippen LogP contribution < -0.4 is 24.8 Å². The van der Waals surface area contributed by atoms with Crippen LogP contribution in [0, 0.1) is 13.8 Å². The molecule has 0 atom stereocenters. The summed E-state index contributed by atoms with van der Waals surface area (Å²) in [6.07, 6.45) is 3.71. The second-order valence-electron chi connectivity index (χ2n) is 4.97. The van der Waals surface area contributed by atoms with Gasteiger partial charge in [-0.3, -0.25) is 0 Å². The maximum atomic E-state index is 4.69. The van der Waals surface area contributed by atoms with Crippen LogP contribution in [0.3, 0.4) is 0 Å². The molecule has 1 radical (unpaired) electrons. The first-order valence-corrected chi connectivity index (χ1v) is 6.52. The van der Waals surface area contributed by atoms with Crippen LogP contribution in [0.5, 0.6) is 0 Å². The van der Waals surface area contributed by atoms with Crippen molar-refractivity contribution in [3.63, 3.8) is 0 Å². The zero-order valence-electron chi connectivity index (χ0n) is 13.3. The van der Waals surface area contributed by atoms with E-state index in [-0.39, 0.29) is 43.4 Å². The molecule has 121 valence electrons. The van der Waals surface area contributed by atoms with E-state index in [0.29, 0.717) is 0 Å². The molecule has 23 heavy (non-hydrogen) atoms. The fourth-order valence-corrected chi connectivity index (χ4v) is 2.15. The van der Waals surface area contributed by atoms with E-state index in [4.69, 9.17) is 4.98 Å². The summed E-state index contributed by atoms with van der Waals surface area (Å²) in [7, 11) is 3.99. The van der Waals surface area contributed by atoms with E-state index >= 15 is 0 Å². The van der Waals surface area contributed by atoms with Crippen LogP contribution in [0.1, 0.15) is 11.4 Å². The first-order chi connectivity index (χ1) is 9.58. The Kier molecular flexibility index (Phi) is 8.08. The van der Waals surface area contributed by atoms with E-state index in [1.165, 1.54) is 0 Å². The van der Waals surface area contributed by atoms with E-state index in [2.05, 4.69) is 9.97 Å². The minimum Gasteiger partial charge on any atom is -1.00 e. The molecular weight excluding hydrogens is 372 g/mol. The second kappa shape index (κ2) is 8.55. The molecule has 3 aromatic heterocycles. The molecule has 0 unspecified atom stereocenters. The predicted molar refractivity (Wildman–Crippen MR) is 78.1 cm³/mol. The van der Waals surface area contributed by atoms with Gasteiger partial charge >= 0.3 is 18.6 Å². The fourth-order valence-electron chi connectivity index (χ4n) is 2.15. The van der Waals surface area contributed by atoms with Gasteiger partial charge in [-0.15, -0.1) is 0 Å². The molecule has 3 heterocycles. The standard InChI is InChI=1S/C15H17N5.2ClH.V/c1-10-8-16-14(19(10)3)12-6-5-7-13(18-12)15-17-9-11(2)20(15)4;;;/h5-9H,1-4H3;2*1H;/q;;;+2/p-2. The molecule has 0 aromatic carbocycles. The SMILES string of the molecule is Cc1cnc(-c2cccc(-c3ncc(C)n3C)n2)n1C.[Cl-].[Cl-].[V+2]. The third-order valence-electron chi connectivity index (χ3n) is 3.65. The molecule has 0 aliphatic rings. The summed E-state index contributed by atoms with van der Waals surface area (Å²) in [6.45, 7) is 4.06. The van der Waals surface area contributed by atoms with Gasteiger partial charge in [-0.05, 0) is 26.0 Å². The Hall–Kier alpha value is -1.27. The second-order valence-corrected chi connectivity index (χ2v) is 4.97. The zero-order chi connectivity index (χ0) is 14.3. The third-order valence-corrected chi connectivity index (χ3v) is 3.65. The summed E-state index contributed by atoms with van der Waals surface area (Å²) >= 11 is 0. The normalized spacial score (nSPS) is 9.57. The van der Waals surface area contributed by atoms with E-state index in [1.54, 1.807) is 0 Å². The van der Waals surface area contributed by atoms with Crippen molar-refractivity contribution in [2.75, 3.05) is 0 Å². The number of rotatable bonds is 2. The van der Waals surface area contributed by atoms with Gasteiger partial charge in [0.2, 0.25) is 0 Å². The van der Waals surface area contributed by atoms with Gasteiger partial charge < -0.3 is 33.9 Å². The van der Waals surface area contributed by atoms with Crippen molar-refractivity contribution in [2.24, 2.45) is 14.1 Å². The quantitative estimate of drug-likeness (QED) is 0.457. The minimum absolute atomic E-state index is 0.